The van der Waals surface area contributed by atoms with Crippen LogP contribution in [0.15, 0.2) is 54.4 Å². The van der Waals surface area contributed by atoms with Crippen LogP contribution in [0.3, 0.4) is 0 Å². The molecule has 5 aliphatic carbocycles. The second-order valence-electron chi connectivity index (χ2n) is 13.1. The Morgan fingerprint density at radius 3 is 2.81 bits per heavy atom. The number of nitrogens with zero attached hydrogens (tertiary/aromatic N) is 1. The number of fused-ring (bicyclic) bond motifs is 4. The van der Waals surface area contributed by atoms with Crippen molar-refractivity contribution >= 4 is 5.78 Å². The molecule has 3 fully saturated rings. The van der Waals surface area contributed by atoms with Crippen molar-refractivity contribution < 1.29 is 15.0 Å². The Kier molecular flexibility index (Phi) is 5.37. The predicted molar refractivity (Wildman–Crippen MR) is 144 cm³/mol. The maximum Gasteiger partial charge on any atom is 0.155 e. The fourth-order valence-electron chi connectivity index (χ4n) is 10.2. The van der Waals surface area contributed by atoms with Gasteiger partial charge in [0.15, 0.2) is 5.78 Å². The summed E-state index contributed by atoms with van der Waals surface area (Å²) in [7, 11) is 0. The van der Waals surface area contributed by atoms with Crippen molar-refractivity contribution in [1.82, 2.24) is 4.98 Å². The van der Waals surface area contributed by atoms with Gasteiger partial charge < -0.3 is 10.2 Å². The van der Waals surface area contributed by atoms with Gasteiger partial charge in [-0.1, -0.05) is 36.8 Å². The maximum absolute atomic E-state index is 12.6. The number of aliphatic hydroxyl groups excluding tert-OH is 1. The fourth-order valence-corrected chi connectivity index (χ4v) is 10.2. The molecule has 2 N–H and O–H groups in total. The van der Waals surface area contributed by atoms with Gasteiger partial charge in [0, 0.05) is 25.4 Å². The molecule has 0 saturated heterocycles. The molecular formula is C33H39NO3. The van der Waals surface area contributed by atoms with Crippen molar-refractivity contribution in [3.63, 3.8) is 0 Å². The summed E-state index contributed by atoms with van der Waals surface area (Å²) in [4.78, 5) is 17.0. The Balaban J connectivity index is 1.38. The van der Waals surface area contributed by atoms with Gasteiger partial charge in [-0.05, 0) is 127 Å². The monoisotopic (exact) mass is 497 g/mol. The number of allylic oxidation sites excluding steroid dienone is 1. The minimum Gasteiger partial charge on any atom is -0.396 e. The van der Waals surface area contributed by atoms with Crippen LogP contribution in [-0.4, -0.2) is 33.2 Å². The number of carbonyl (C=O) groups is 1. The lowest BCUT2D eigenvalue weighted by atomic mass is 9.39. The summed E-state index contributed by atoms with van der Waals surface area (Å²) < 4.78 is 0. The summed E-state index contributed by atoms with van der Waals surface area (Å²) in [6.07, 6.45) is 14.9. The molecule has 4 nitrogen and oxygen atoms in total. The molecule has 4 heteroatoms. The number of aromatic nitrogens is 1. The molecule has 1 heterocycles. The highest BCUT2D eigenvalue weighted by molar-refractivity contribution is 5.91. The van der Waals surface area contributed by atoms with Crippen LogP contribution in [0.5, 0.6) is 0 Å². The summed E-state index contributed by atoms with van der Waals surface area (Å²) in [5.41, 5.74) is 5.92. The first kappa shape index (κ1) is 23.8. The minimum absolute atomic E-state index is 0.0786. The molecule has 7 rings (SSSR count). The lowest BCUT2D eigenvalue weighted by Gasteiger charge is -2.65. The first-order chi connectivity index (χ1) is 17.9. The highest BCUT2D eigenvalue weighted by Crippen LogP contribution is 2.73. The summed E-state index contributed by atoms with van der Waals surface area (Å²) in [5.74, 6) is 2.36. The smallest absolute Gasteiger partial charge is 0.155 e. The predicted octanol–water partition coefficient (Wildman–Crippen LogP) is 6.01. The van der Waals surface area contributed by atoms with Gasteiger partial charge in [0.25, 0.3) is 0 Å². The van der Waals surface area contributed by atoms with Crippen molar-refractivity contribution in [2.75, 3.05) is 6.61 Å². The molecule has 3 saturated carbocycles. The molecule has 3 unspecified atom stereocenters. The van der Waals surface area contributed by atoms with E-state index in [1.54, 1.807) is 0 Å². The zero-order valence-corrected chi connectivity index (χ0v) is 22.0. The Morgan fingerprint density at radius 1 is 1.11 bits per heavy atom. The van der Waals surface area contributed by atoms with Crippen LogP contribution in [0.2, 0.25) is 0 Å². The quantitative estimate of drug-likeness (QED) is 0.542. The topological polar surface area (TPSA) is 70.4 Å². The number of aliphatic hydroxyl groups is 2. The van der Waals surface area contributed by atoms with Crippen molar-refractivity contribution in [3.8, 4) is 11.1 Å². The van der Waals surface area contributed by atoms with Gasteiger partial charge in [-0.25, -0.2) is 0 Å². The zero-order valence-electron chi connectivity index (χ0n) is 22.0. The lowest BCUT2D eigenvalue weighted by Crippen LogP contribution is -2.59. The fraction of sp³-hybridized carbons (Fsp3) is 0.576. The van der Waals surface area contributed by atoms with Crippen LogP contribution in [-0.2, 0) is 11.2 Å². The molecule has 2 aromatic rings. The molecule has 0 bridgehead atoms. The number of benzene rings is 1. The van der Waals surface area contributed by atoms with E-state index in [2.05, 4.69) is 36.2 Å². The van der Waals surface area contributed by atoms with E-state index in [1.807, 2.05) is 24.5 Å². The first-order valence-corrected chi connectivity index (χ1v) is 14.5. The number of hydrogen-bond acceptors (Lipinski definition) is 4. The highest BCUT2D eigenvalue weighted by Gasteiger charge is 2.68. The normalized spacial score (nSPS) is 39.8. The standard InChI is InChI=1S/C33H39NO3/c1-31-19-28-26-7-5-21(22-4-2-14-34-20-22)16-23(26)18-32-12-9-25(36)17-24(32)6-8-27(30(28)32)29(31)10-13-33(31,37)11-3-15-35/h2,4-5,7,14,16-17,20,27-30,35,37H,3,6,8-13,15,18-19H2,1H3/t27-,28?,29+,30?,31-,32+,33?/m0/s1. The van der Waals surface area contributed by atoms with Gasteiger partial charge in [-0.3, -0.25) is 9.78 Å². The largest absolute Gasteiger partial charge is 0.396 e. The second kappa shape index (κ2) is 8.35. The third-order valence-electron chi connectivity index (χ3n) is 11.8. The van der Waals surface area contributed by atoms with Crippen LogP contribution in [0.1, 0.15) is 81.8 Å². The molecule has 1 aromatic carbocycles. The molecule has 0 amide bonds. The molecule has 7 atom stereocenters. The van der Waals surface area contributed by atoms with E-state index in [-0.39, 0.29) is 17.4 Å². The third kappa shape index (κ3) is 3.27. The number of pyridine rings is 1. The van der Waals surface area contributed by atoms with Crippen LogP contribution in [0, 0.1) is 28.6 Å². The average Bonchev–Trinajstić information content (AvgIpc) is 3.18. The summed E-state index contributed by atoms with van der Waals surface area (Å²) in [5, 5.41) is 21.7. The Labute approximate surface area is 220 Å². The SMILES string of the molecule is C[C@]12CC3c4ccc(-c5cccnc5)cc4C[C@]45CCC(=O)C=C4CC[C@H](C35)[C@H]1CCC2(O)CCCO. The summed E-state index contributed by atoms with van der Waals surface area (Å²) in [6.45, 7) is 2.52. The van der Waals surface area contributed by atoms with E-state index >= 15 is 0 Å². The van der Waals surface area contributed by atoms with Gasteiger partial charge in [0.1, 0.15) is 0 Å². The van der Waals surface area contributed by atoms with Gasteiger partial charge in [-0.15, -0.1) is 0 Å². The zero-order chi connectivity index (χ0) is 25.4. The molecular weight excluding hydrogens is 458 g/mol. The number of rotatable bonds is 4. The van der Waals surface area contributed by atoms with Gasteiger partial charge in [0.2, 0.25) is 0 Å². The molecule has 5 aliphatic rings. The molecule has 1 spiro atoms. The molecule has 1 aromatic heterocycles. The van der Waals surface area contributed by atoms with Crippen molar-refractivity contribution in [1.29, 1.82) is 0 Å². The van der Waals surface area contributed by atoms with E-state index in [1.165, 1.54) is 22.3 Å². The van der Waals surface area contributed by atoms with E-state index in [0.717, 1.165) is 50.5 Å². The van der Waals surface area contributed by atoms with Crippen molar-refractivity contribution in [2.45, 2.75) is 82.7 Å². The van der Waals surface area contributed by atoms with Crippen molar-refractivity contribution in [3.05, 3.63) is 65.5 Å². The molecule has 0 radical (unpaired) electrons. The first-order valence-electron chi connectivity index (χ1n) is 14.5. The van der Waals surface area contributed by atoms with Gasteiger partial charge in [0.05, 0.1) is 5.60 Å². The molecule has 0 aliphatic heterocycles. The Hall–Kier alpha value is -2.30. The van der Waals surface area contributed by atoms with Crippen LogP contribution in [0.25, 0.3) is 11.1 Å². The van der Waals surface area contributed by atoms with E-state index in [4.69, 9.17) is 0 Å². The minimum atomic E-state index is -0.704. The van der Waals surface area contributed by atoms with E-state index < -0.39 is 5.60 Å². The summed E-state index contributed by atoms with van der Waals surface area (Å²) in [6, 6.07) is 11.2. The molecule has 37 heavy (non-hydrogen) atoms. The third-order valence-corrected chi connectivity index (χ3v) is 11.8. The molecule has 194 valence electrons. The van der Waals surface area contributed by atoms with Crippen LogP contribution < -0.4 is 0 Å². The van der Waals surface area contributed by atoms with Gasteiger partial charge in [-0.2, -0.15) is 0 Å². The second-order valence-corrected chi connectivity index (χ2v) is 13.1. The highest BCUT2D eigenvalue weighted by atomic mass is 16.3. The Morgan fingerprint density at radius 2 is 2.00 bits per heavy atom. The average molecular weight is 498 g/mol. The lowest BCUT2D eigenvalue weighted by molar-refractivity contribution is -0.146. The van der Waals surface area contributed by atoms with Crippen molar-refractivity contribution in [2.24, 2.45) is 28.6 Å². The van der Waals surface area contributed by atoms with Crippen LogP contribution in [0.4, 0.5) is 0 Å². The number of carbonyl (C=O) groups excluding carboxylic acids is 1. The number of ketones is 1. The maximum atomic E-state index is 12.6. The van der Waals surface area contributed by atoms with E-state index in [0.29, 0.717) is 48.7 Å². The Bertz CT molecular complexity index is 1270. The number of hydrogen-bond donors (Lipinski definition) is 2. The van der Waals surface area contributed by atoms with Crippen LogP contribution >= 0.6 is 0 Å². The van der Waals surface area contributed by atoms with E-state index in [9.17, 15) is 15.0 Å². The summed E-state index contributed by atoms with van der Waals surface area (Å²) >= 11 is 0. The van der Waals surface area contributed by atoms with Gasteiger partial charge >= 0.3 is 0 Å².